The number of rotatable bonds is 7. The van der Waals surface area contributed by atoms with E-state index in [0.29, 0.717) is 31.0 Å². The largest absolute Gasteiger partial charge is 0.350 e. The van der Waals surface area contributed by atoms with Crippen LogP contribution in [-0.4, -0.2) is 21.0 Å². The van der Waals surface area contributed by atoms with Gasteiger partial charge in [-0.05, 0) is 31.0 Å². The summed E-state index contributed by atoms with van der Waals surface area (Å²) >= 11 is 0. The molecule has 2 heterocycles. The standard InChI is InChI=1S/C16H22N4O2/c1-11(2)16-19-15(22-20-16)6-4-5-14(21)18-12(3)13-7-9-17-10-8-13/h7-12H,4-6H2,1-3H3,(H,18,21). The normalized spacial score (nSPS) is 12.4. The number of nitrogens with zero attached hydrogens (tertiary/aromatic N) is 3. The highest BCUT2D eigenvalue weighted by molar-refractivity contribution is 5.76. The van der Waals surface area contributed by atoms with Crippen LogP contribution in [0, 0.1) is 0 Å². The summed E-state index contributed by atoms with van der Waals surface area (Å²) in [5.41, 5.74) is 1.04. The van der Waals surface area contributed by atoms with Gasteiger partial charge in [-0.25, -0.2) is 0 Å². The Labute approximate surface area is 130 Å². The van der Waals surface area contributed by atoms with Crippen LogP contribution in [0.2, 0.25) is 0 Å². The Morgan fingerprint density at radius 1 is 1.27 bits per heavy atom. The van der Waals surface area contributed by atoms with Crippen molar-refractivity contribution in [1.29, 1.82) is 0 Å². The van der Waals surface area contributed by atoms with E-state index in [2.05, 4.69) is 20.4 Å². The fourth-order valence-electron chi connectivity index (χ4n) is 2.05. The van der Waals surface area contributed by atoms with E-state index < -0.39 is 0 Å². The Morgan fingerprint density at radius 3 is 2.64 bits per heavy atom. The third kappa shape index (κ3) is 4.65. The van der Waals surface area contributed by atoms with Crippen LogP contribution in [0.15, 0.2) is 29.0 Å². The Bertz CT molecular complexity index is 595. The number of carbonyl (C=O) groups excluding carboxylic acids is 1. The minimum Gasteiger partial charge on any atom is -0.350 e. The zero-order valence-corrected chi connectivity index (χ0v) is 13.2. The second kappa shape index (κ2) is 7.68. The molecule has 0 saturated carbocycles. The molecular weight excluding hydrogens is 280 g/mol. The van der Waals surface area contributed by atoms with Gasteiger partial charge in [-0.1, -0.05) is 19.0 Å². The van der Waals surface area contributed by atoms with Crippen molar-refractivity contribution in [2.75, 3.05) is 0 Å². The van der Waals surface area contributed by atoms with Gasteiger partial charge in [0, 0.05) is 31.2 Å². The maximum Gasteiger partial charge on any atom is 0.226 e. The number of amides is 1. The lowest BCUT2D eigenvalue weighted by Crippen LogP contribution is -2.26. The summed E-state index contributed by atoms with van der Waals surface area (Å²) in [4.78, 5) is 20.2. The molecule has 6 heteroatoms. The van der Waals surface area contributed by atoms with Crippen LogP contribution >= 0.6 is 0 Å². The first-order valence-corrected chi connectivity index (χ1v) is 7.58. The minimum absolute atomic E-state index is 0.0212. The molecule has 0 radical (unpaired) electrons. The van der Waals surface area contributed by atoms with Crippen LogP contribution in [0.5, 0.6) is 0 Å². The van der Waals surface area contributed by atoms with Gasteiger partial charge in [0.1, 0.15) is 0 Å². The molecule has 2 aromatic heterocycles. The van der Waals surface area contributed by atoms with Crippen molar-refractivity contribution in [2.45, 2.75) is 52.0 Å². The third-order valence-electron chi connectivity index (χ3n) is 3.38. The Morgan fingerprint density at radius 2 is 2.00 bits per heavy atom. The second-order valence-electron chi connectivity index (χ2n) is 5.62. The van der Waals surface area contributed by atoms with E-state index in [-0.39, 0.29) is 17.9 Å². The molecular formula is C16H22N4O2. The molecule has 1 N–H and O–H groups in total. The molecule has 22 heavy (non-hydrogen) atoms. The van der Waals surface area contributed by atoms with Gasteiger partial charge in [-0.2, -0.15) is 4.98 Å². The van der Waals surface area contributed by atoms with Crippen molar-refractivity contribution < 1.29 is 9.32 Å². The summed E-state index contributed by atoms with van der Waals surface area (Å²) in [6.45, 7) is 5.99. The zero-order chi connectivity index (χ0) is 15.9. The summed E-state index contributed by atoms with van der Waals surface area (Å²) in [7, 11) is 0. The molecule has 0 fully saturated rings. The molecule has 6 nitrogen and oxygen atoms in total. The quantitative estimate of drug-likeness (QED) is 0.850. The van der Waals surface area contributed by atoms with Gasteiger partial charge in [0.2, 0.25) is 11.8 Å². The number of pyridine rings is 1. The van der Waals surface area contributed by atoms with Crippen LogP contribution in [-0.2, 0) is 11.2 Å². The molecule has 2 aromatic rings. The average molecular weight is 302 g/mol. The number of aryl methyl sites for hydroxylation is 1. The molecule has 1 atom stereocenters. The summed E-state index contributed by atoms with van der Waals surface area (Å²) in [5.74, 6) is 1.58. The molecule has 0 saturated heterocycles. The first-order chi connectivity index (χ1) is 10.6. The zero-order valence-electron chi connectivity index (χ0n) is 13.2. The van der Waals surface area contributed by atoms with Gasteiger partial charge in [-0.3, -0.25) is 9.78 Å². The first-order valence-electron chi connectivity index (χ1n) is 7.58. The number of carbonyl (C=O) groups is 1. The molecule has 2 rings (SSSR count). The molecule has 0 aliphatic heterocycles. The minimum atomic E-state index is -0.0218. The Balaban J connectivity index is 1.73. The number of nitrogens with one attached hydrogen (secondary N) is 1. The van der Waals surface area contributed by atoms with Crippen LogP contribution in [0.4, 0.5) is 0 Å². The van der Waals surface area contributed by atoms with E-state index in [1.807, 2.05) is 32.9 Å². The first kappa shape index (κ1) is 16.1. The highest BCUT2D eigenvalue weighted by Crippen LogP contribution is 2.12. The molecule has 0 bridgehead atoms. The lowest BCUT2D eigenvalue weighted by atomic mass is 10.1. The number of hydrogen-bond acceptors (Lipinski definition) is 5. The van der Waals surface area contributed by atoms with E-state index in [9.17, 15) is 4.79 Å². The SMILES string of the molecule is CC(C)c1noc(CCCC(=O)NC(C)c2ccncc2)n1. The molecule has 1 amide bonds. The summed E-state index contributed by atoms with van der Waals surface area (Å²) in [6.07, 6.45) is 5.19. The predicted octanol–water partition coefficient (Wildman–Crippen LogP) is 2.79. The van der Waals surface area contributed by atoms with E-state index in [1.165, 1.54) is 0 Å². The molecule has 0 aromatic carbocycles. The van der Waals surface area contributed by atoms with Crippen molar-refractivity contribution in [2.24, 2.45) is 0 Å². The van der Waals surface area contributed by atoms with Crippen LogP contribution < -0.4 is 5.32 Å². The lowest BCUT2D eigenvalue weighted by molar-refractivity contribution is -0.121. The summed E-state index contributed by atoms with van der Waals surface area (Å²) in [5, 5.41) is 6.88. The van der Waals surface area contributed by atoms with Gasteiger partial charge in [0.15, 0.2) is 5.82 Å². The fourth-order valence-corrected chi connectivity index (χ4v) is 2.05. The second-order valence-corrected chi connectivity index (χ2v) is 5.62. The van der Waals surface area contributed by atoms with Crippen molar-refractivity contribution in [3.05, 3.63) is 41.8 Å². The highest BCUT2D eigenvalue weighted by atomic mass is 16.5. The van der Waals surface area contributed by atoms with Gasteiger partial charge >= 0.3 is 0 Å². The van der Waals surface area contributed by atoms with Gasteiger partial charge < -0.3 is 9.84 Å². The molecule has 1 unspecified atom stereocenters. The van der Waals surface area contributed by atoms with Crippen molar-refractivity contribution in [3.8, 4) is 0 Å². The topological polar surface area (TPSA) is 80.9 Å². The predicted molar refractivity (Wildman–Crippen MR) is 82.1 cm³/mol. The Kier molecular flexibility index (Phi) is 5.63. The molecule has 118 valence electrons. The number of aromatic nitrogens is 3. The van der Waals surface area contributed by atoms with Crippen LogP contribution in [0.3, 0.4) is 0 Å². The van der Waals surface area contributed by atoms with Gasteiger partial charge in [0.25, 0.3) is 0 Å². The third-order valence-corrected chi connectivity index (χ3v) is 3.38. The van der Waals surface area contributed by atoms with Gasteiger partial charge in [-0.15, -0.1) is 0 Å². The van der Waals surface area contributed by atoms with Crippen molar-refractivity contribution in [3.63, 3.8) is 0 Å². The van der Waals surface area contributed by atoms with E-state index >= 15 is 0 Å². The van der Waals surface area contributed by atoms with E-state index in [4.69, 9.17) is 4.52 Å². The maximum absolute atomic E-state index is 11.9. The summed E-state index contributed by atoms with van der Waals surface area (Å²) < 4.78 is 5.16. The molecule has 0 aliphatic carbocycles. The fraction of sp³-hybridized carbons (Fsp3) is 0.500. The average Bonchev–Trinajstić information content (AvgIpc) is 2.97. The maximum atomic E-state index is 11.9. The smallest absolute Gasteiger partial charge is 0.226 e. The monoisotopic (exact) mass is 302 g/mol. The lowest BCUT2D eigenvalue weighted by Gasteiger charge is -2.13. The summed E-state index contributed by atoms with van der Waals surface area (Å²) in [6, 6.07) is 3.78. The number of hydrogen-bond donors (Lipinski definition) is 1. The Hall–Kier alpha value is -2.24. The van der Waals surface area contributed by atoms with E-state index in [1.54, 1.807) is 12.4 Å². The highest BCUT2D eigenvalue weighted by Gasteiger charge is 2.12. The van der Waals surface area contributed by atoms with Crippen molar-refractivity contribution >= 4 is 5.91 Å². The van der Waals surface area contributed by atoms with Gasteiger partial charge in [0.05, 0.1) is 6.04 Å². The van der Waals surface area contributed by atoms with Crippen LogP contribution in [0.1, 0.15) is 62.9 Å². The molecule has 0 spiro atoms. The molecule has 0 aliphatic rings. The van der Waals surface area contributed by atoms with Crippen LogP contribution in [0.25, 0.3) is 0 Å². The van der Waals surface area contributed by atoms with Crippen molar-refractivity contribution in [1.82, 2.24) is 20.4 Å². The van der Waals surface area contributed by atoms with E-state index in [0.717, 1.165) is 5.56 Å².